The lowest BCUT2D eigenvalue weighted by Gasteiger charge is -2.17. The molecule has 1 rings (SSSR count). The van der Waals surface area contributed by atoms with Crippen molar-refractivity contribution in [2.24, 2.45) is 7.05 Å². The number of carbonyl (C=O) groups is 1. The predicted molar refractivity (Wildman–Crippen MR) is 70.5 cm³/mol. The zero-order valence-electron chi connectivity index (χ0n) is 11.8. The molecule has 1 heterocycles. The van der Waals surface area contributed by atoms with Crippen molar-refractivity contribution in [1.29, 1.82) is 0 Å². The molecule has 1 amide bonds. The Morgan fingerprint density at radius 3 is 2.67 bits per heavy atom. The van der Waals surface area contributed by atoms with Crippen LogP contribution in [0.2, 0.25) is 0 Å². The molecule has 102 valence electrons. The van der Waals surface area contributed by atoms with Crippen LogP contribution in [0.5, 0.6) is 0 Å². The summed E-state index contributed by atoms with van der Waals surface area (Å²) in [5.41, 5.74) is 1.23. The Morgan fingerprint density at radius 2 is 2.17 bits per heavy atom. The van der Waals surface area contributed by atoms with Crippen LogP contribution in [-0.2, 0) is 12.5 Å². The molecule has 1 aromatic heterocycles. The first-order valence-electron chi connectivity index (χ1n) is 6.22. The van der Waals surface area contributed by atoms with E-state index in [9.17, 15) is 4.79 Å². The molecule has 0 bridgehead atoms. The first-order valence-corrected chi connectivity index (χ1v) is 6.22. The lowest BCUT2D eigenvalue weighted by atomic mass is 9.89. The van der Waals surface area contributed by atoms with Gasteiger partial charge in [0.25, 0.3) is 5.91 Å². The molecule has 0 fully saturated rings. The van der Waals surface area contributed by atoms with E-state index in [4.69, 9.17) is 5.11 Å². The highest BCUT2D eigenvalue weighted by Crippen LogP contribution is 2.23. The number of aliphatic hydroxyl groups excluding tert-OH is 1. The first-order chi connectivity index (χ1) is 8.21. The number of carbonyl (C=O) groups excluding carboxylic acids is 1. The summed E-state index contributed by atoms with van der Waals surface area (Å²) in [6, 6.07) is 0. The van der Waals surface area contributed by atoms with Crippen molar-refractivity contribution in [2.45, 2.75) is 45.6 Å². The van der Waals surface area contributed by atoms with E-state index in [0.29, 0.717) is 18.5 Å². The fourth-order valence-electron chi connectivity index (χ4n) is 1.70. The van der Waals surface area contributed by atoms with Crippen molar-refractivity contribution in [3.05, 3.63) is 17.5 Å². The summed E-state index contributed by atoms with van der Waals surface area (Å²) in [7, 11) is 1.81. The molecule has 1 aromatic rings. The summed E-state index contributed by atoms with van der Waals surface area (Å²) in [6.07, 6.45) is 1.89. The summed E-state index contributed by atoms with van der Waals surface area (Å²) < 4.78 is 1.66. The highest BCUT2D eigenvalue weighted by molar-refractivity contribution is 5.95. The second-order valence-electron chi connectivity index (χ2n) is 5.71. The molecule has 0 aromatic carbocycles. The number of nitrogens with one attached hydrogen (secondary N) is 1. The maximum absolute atomic E-state index is 12.1. The lowest BCUT2D eigenvalue weighted by Crippen LogP contribution is -2.28. The zero-order valence-corrected chi connectivity index (χ0v) is 11.8. The van der Waals surface area contributed by atoms with E-state index >= 15 is 0 Å². The van der Waals surface area contributed by atoms with E-state index in [2.05, 4.69) is 10.4 Å². The van der Waals surface area contributed by atoms with Gasteiger partial charge in [0.2, 0.25) is 0 Å². The Hall–Kier alpha value is -1.36. The summed E-state index contributed by atoms with van der Waals surface area (Å²) in [4.78, 5) is 12.1. The second-order valence-corrected chi connectivity index (χ2v) is 5.71. The van der Waals surface area contributed by atoms with Crippen LogP contribution in [0.25, 0.3) is 0 Å². The number of rotatable bonds is 4. The summed E-state index contributed by atoms with van der Waals surface area (Å²) in [5.74, 6) is -0.131. The van der Waals surface area contributed by atoms with Gasteiger partial charge in [0, 0.05) is 25.2 Å². The molecular formula is C13H23N3O2. The summed E-state index contributed by atoms with van der Waals surface area (Å²) >= 11 is 0. The number of aliphatic hydroxyl groups is 1. The van der Waals surface area contributed by atoms with E-state index in [1.807, 2.05) is 27.8 Å². The molecule has 0 radical (unpaired) electrons. The van der Waals surface area contributed by atoms with Gasteiger partial charge in [-0.25, -0.2) is 0 Å². The highest BCUT2D eigenvalue weighted by Gasteiger charge is 2.25. The Morgan fingerprint density at radius 1 is 1.56 bits per heavy atom. The molecule has 0 saturated carbocycles. The van der Waals surface area contributed by atoms with Gasteiger partial charge >= 0.3 is 0 Å². The van der Waals surface area contributed by atoms with E-state index in [-0.39, 0.29) is 11.3 Å². The van der Waals surface area contributed by atoms with Gasteiger partial charge in [-0.1, -0.05) is 20.8 Å². The van der Waals surface area contributed by atoms with E-state index < -0.39 is 6.10 Å². The highest BCUT2D eigenvalue weighted by atomic mass is 16.3. The largest absolute Gasteiger partial charge is 0.393 e. The third-order valence-corrected chi connectivity index (χ3v) is 2.63. The smallest absolute Gasteiger partial charge is 0.254 e. The standard InChI is InChI=1S/C13H23N3O2/c1-9(17)6-7-14-12(18)10-8-16(5)15-11(10)13(2,3)4/h8-9,17H,6-7H2,1-5H3,(H,14,18). The molecule has 2 N–H and O–H groups in total. The first kappa shape index (κ1) is 14.7. The average Bonchev–Trinajstić information content (AvgIpc) is 2.59. The van der Waals surface area contributed by atoms with Crippen molar-refractivity contribution in [3.8, 4) is 0 Å². The van der Waals surface area contributed by atoms with Gasteiger partial charge < -0.3 is 10.4 Å². The third-order valence-electron chi connectivity index (χ3n) is 2.63. The van der Waals surface area contributed by atoms with Crippen molar-refractivity contribution in [2.75, 3.05) is 6.54 Å². The molecular weight excluding hydrogens is 230 g/mol. The molecule has 5 heteroatoms. The number of hydrogen-bond donors (Lipinski definition) is 2. The van der Waals surface area contributed by atoms with Crippen LogP contribution in [0.3, 0.4) is 0 Å². The number of aryl methyl sites for hydroxylation is 1. The van der Waals surface area contributed by atoms with Gasteiger partial charge in [-0.2, -0.15) is 5.10 Å². The fourth-order valence-corrected chi connectivity index (χ4v) is 1.70. The molecule has 1 atom stereocenters. The quantitative estimate of drug-likeness (QED) is 0.847. The number of nitrogens with zero attached hydrogens (tertiary/aromatic N) is 2. The molecule has 5 nitrogen and oxygen atoms in total. The van der Waals surface area contributed by atoms with E-state index in [1.54, 1.807) is 17.8 Å². The second kappa shape index (κ2) is 5.52. The Labute approximate surface area is 108 Å². The van der Waals surface area contributed by atoms with Gasteiger partial charge in [0.05, 0.1) is 17.4 Å². The molecule has 1 unspecified atom stereocenters. The van der Waals surface area contributed by atoms with Gasteiger partial charge in [-0.15, -0.1) is 0 Å². The minimum absolute atomic E-state index is 0.131. The molecule has 0 spiro atoms. The van der Waals surface area contributed by atoms with Crippen molar-refractivity contribution < 1.29 is 9.90 Å². The van der Waals surface area contributed by atoms with Crippen LogP contribution in [-0.4, -0.2) is 33.4 Å². The van der Waals surface area contributed by atoms with Crippen LogP contribution in [0.4, 0.5) is 0 Å². The predicted octanol–water partition coefficient (Wildman–Crippen LogP) is 1.22. The number of aromatic nitrogens is 2. The molecule has 18 heavy (non-hydrogen) atoms. The van der Waals surface area contributed by atoms with Gasteiger partial charge in [0.1, 0.15) is 0 Å². The van der Waals surface area contributed by atoms with Crippen LogP contribution >= 0.6 is 0 Å². The summed E-state index contributed by atoms with van der Waals surface area (Å²) in [6.45, 7) is 8.26. The van der Waals surface area contributed by atoms with E-state index in [0.717, 1.165) is 5.69 Å². The summed E-state index contributed by atoms with van der Waals surface area (Å²) in [5, 5.41) is 16.3. The van der Waals surface area contributed by atoms with Gasteiger partial charge in [-0.05, 0) is 13.3 Å². The van der Waals surface area contributed by atoms with Crippen molar-refractivity contribution >= 4 is 5.91 Å². The van der Waals surface area contributed by atoms with Crippen LogP contribution in [0, 0.1) is 0 Å². The Balaban J connectivity index is 2.80. The number of hydrogen-bond acceptors (Lipinski definition) is 3. The Bertz CT molecular complexity index is 416. The Kier molecular flexibility index (Phi) is 4.51. The molecule has 0 saturated heterocycles. The average molecular weight is 253 g/mol. The van der Waals surface area contributed by atoms with Crippen molar-refractivity contribution in [1.82, 2.24) is 15.1 Å². The van der Waals surface area contributed by atoms with Gasteiger partial charge in [-0.3, -0.25) is 9.48 Å². The van der Waals surface area contributed by atoms with E-state index in [1.165, 1.54) is 0 Å². The maximum atomic E-state index is 12.1. The topological polar surface area (TPSA) is 67.2 Å². The molecule has 0 aliphatic heterocycles. The lowest BCUT2D eigenvalue weighted by molar-refractivity contribution is 0.0943. The monoisotopic (exact) mass is 253 g/mol. The van der Waals surface area contributed by atoms with Crippen LogP contribution in [0.1, 0.15) is 50.2 Å². The fraction of sp³-hybridized carbons (Fsp3) is 0.692. The molecule has 0 aliphatic rings. The molecule has 0 aliphatic carbocycles. The minimum atomic E-state index is -0.402. The number of amides is 1. The SMILES string of the molecule is CC(O)CCNC(=O)c1cn(C)nc1C(C)(C)C. The van der Waals surface area contributed by atoms with Gasteiger partial charge in [0.15, 0.2) is 0 Å². The van der Waals surface area contributed by atoms with Crippen LogP contribution < -0.4 is 5.32 Å². The maximum Gasteiger partial charge on any atom is 0.254 e. The van der Waals surface area contributed by atoms with Crippen molar-refractivity contribution in [3.63, 3.8) is 0 Å². The van der Waals surface area contributed by atoms with Crippen LogP contribution in [0.15, 0.2) is 6.20 Å². The normalized spacial score (nSPS) is 13.4. The minimum Gasteiger partial charge on any atom is -0.393 e. The zero-order chi connectivity index (χ0) is 13.9. The third kappa shape index (κ3) is 3.84.